The average Bonchev–Trinajstić information content (AvgIpc) is 2.31. The first-order valence-corrected chi connectivity index (χ1v) is 5.88. The summed E-state index contributed by atoms with van der Waals surface area (Å²) in [5, 5.41) is 0. The Morgan fingerprint density at radius 3 is 2.44 bits per heavy atom. The lowest BCUT2D eigenvalue weighted by Crippen LogP contribution is -2.07. The monoisotopic (exact) mass is 245 g/mol. The predicted molar refractivity (Wildman–Crippen MR) is 72.0 cm³/mol. The van der Waals surface area contributed by atoms with E-state index in [0.29, 0.717) is 11.4 Å². The van der Waals surface area contributed by atoms with E-state index >= 15 is 0 Å². The molecule has 0 radical (unpaired) electrons. The normalized spacial score (nSPS) is 10.7. The number of ether oxygens (including phenoxy) is 1. The third kappa shape index (κ3) is 2.80. The van der Waals surface area contributed by atoms with Crippen molar-refractivity contribution in [2.45, 2.75) is 20.0 Å². The van der Waals surface area contributed by atoms with E-state index in [-0.39, 0.29) is 11.9 Å². The SMILES string of the molecule is CC(C)Oc1cc(-c2cccc(F)c2)ccc1N. The first kappa shape index (κ1) is 12.4. The predicted octanol–water partition coefficient (Wildman–Crippen LogP) is 3.86. The Morgan fingerprint density at radius 2 is 1.78 bits per heavy atom. The summed E-state index contributed by atoms with van der Waals surface area (Å²) in [6.07, 6.45) is 0.0510. The van der Waals surface area contributed by atoms with E-state index in [2.05, 4.69) is 0 Å². The number of benzene rings is 2. The summed E-state index contributed by atoms with van der Waals surface area (Å²) in [6.45, 7) is 3.88. The molecule has 0 amide bonds. The van der Waals surface area contributed by atoms with Crippen molar-refractivity contribution < 1.29 is 9.13 Å². The maximum Gasteiger partial charge on any atom is 0.143 e. The van der Waals surface area contributed by atoms with E-state index < -0.39 is 0 Å². The Morgan fingerprint density at radius 1 is 1.06 bits per heavy atom. The van der Waals surface area contributed by atoms with Crippen LogP contribution in [0.4, 0.5) is 10.1 Å². The van der Waals surface area contributed by atoms with E-state index in [0.717, 1.165) is 11.1 Å². The van der Waals surface area contributed by atoms with Crippen molar-refractivity contribution in [1.82, 2.24) is 0 Å². The van der Waals surface area contributed by atoms with Crippen LogP contribution in [0.1, 0.15) is 13.8 Å². The quantitative estimate of drug-likeness (QED) is 0.833. The van der Waals surface area contributed by atoms with Crippen molar-refractivity contribution in [3.05, 3.63) is 48.3 Å². The van der Waals surface area contributed by atoms with Crippen molar-refractivity contribution in [1.29, 1.82) is 0 Å². The molecule has 0 saturated carbocycles. The molecular weight excluding hydrogens is 229 g/mol. The Hall–Kier alpha value is -2.03. The van der Waals surface area contributed by atoms with E-state index in [1.54, 1.807) is 12.1 Å². The molecule has 0 unspecified atom stereocenters. The van der Waals surface area contributed by atoms with Gasteiger partial charge in [-0.05, 0) is 49.2 Å². The van der Waals surface area contributed by atoms with Crippen molar-refractivity contribution in [2.24, 2.45) is 0 Å². The van der Waals surface area contributed by atoms with Gasteiger partial charge in [-0.15, -0.1) is 0 Å². The lowest BCUT2D eigenvalue weighted by molar-refractivity contribution is 0.244. The summed E-state index contributed by atoms with van der Waals surface area (Å²) in [5.74, 6) is 0.377. The zero-order valence-electron chi connectivity index (χ0n) is 10.5. The molecule has 3 heteroatoms. The standard InChI is InChI=1S/C15H16FNO/c1-10(2)18-15-9-12(6-7-14(15)17)11-4-3-5-13(16)8-11/h3-10H,17H2,1-2H3. The molecule has 2 aromatic rings. The average molecular weight is 245 g/mol. The number of hydrogen-bond acceptors (Lipinski definition) is 2. The number of nitrogens with two attached hydrogens (primary N) is 1. The largest absolute Gasteiger partial charge is 0.489 e. The van der Waals surface area contributed by atoms with Gasteiger partial charge in [0.15, 0.2) is 0 Å². The summed E-state index contributed by atoms with van der Waals surface area (Å²) >= 11 is 0. The second kappa shape index (κ2) is 5.08. The summed E-state index contributed by atoms with van der Waals surface area (Å²) in [5.41, 5.74) is 8.13. The third-order valence-corrected chi connectivity index (χ3v) is 2.53. The maximum absolute atomic E-state index is 13.2. The number of anilines is 1. The molecule has 0 fully saturated rings. The van der Waals surface area contributed by atoms with E-state index in [1.165, 1.54) is 12.1 Å². The van der Waals surface area contributed by atoms with Crippen molar-refractivity contribution in [2.75, 3.05) is 5.73 Å². The Balaban J connectivity index is 2.40. The minimum absolute atomic E-state index is 0.0510. The van der Waals surface area contributed by atoms with Crippen molar-refractivity contribution in [3.63, 3.8) is 0 Å². The molecule has 2 aromatic carbocycles. The van der Waals surface area contributed by atoms with Crippen LogP contribution >= 0.6 is 0 Å². The fraction of sp³-hybridized carbons (Fsp3) is 0.200. The fourth-order valence-corrected chi connectivity index (χ4v) is 1.74. The van der Waals surface area contributed by atoms with Crippen LogP contribution in [0.25, 0.3) is 11.1 Å². The van der Waals surface area contributed by atoms with Gasteiger partial charge in [0.2, 0.25) is 0 Å². The van der Waals surface area contributed by atoms with Crippen molar-refractivity contribution >= 4 is 5.69 Å². The zero-order valence-corrected chi connectivity index (χ0v) is 10.5. The van der Waals surface area contributed by atoms with E-state index in [4.69, 9.17) is 10.5 Å². The highest BCUT2D eigenvalue weighted by Crippen LogP contribution is 2.29. The lowest BCUT2D eigenvalue weighted by Gasteiger charge is -2.13. The van der Waals surface area contributed by atoms with Crippen LogP contribution in [0, 0.1) is 5.82 Å². The topological polar surface area (TPSA) is 35.2 Å². The Kier molecular flexibility index (Phi) is 3.51. The van der Waals surface area contributed by atoms with Crippen LogP contribution in [-0.4, -0.2) is 6.10 Å². The number of nitrogen functional groups attached to an aromatic ring is 1. The number of rotatable bonds is 3. The van der Waals surface area contributed by atoms with Gasteiger partial charge in [0.05, 0.1) is 11.8 Å². The van der Waals surface area contributed by atoms with Gasteiger partial charge in [0.25, 0.3) is 0 Å². The Labute approximate surface area is 106 Å². The summed E-state index contributed by atoms with van der Waals surface area (Å²) in [6, 6.07) is 11.9. The molecule has 2 N–H and O–H groups in total. The van der Waals surface area contributed by atoms with Gasteiger partial charge < -0.3 is 10.5 Å². The molecule has 0 spiro atoms. The van der Waals surface area contributed by atoms with Crippen LogP contribution in [0.15, 0.2) is 42.5 Å². The molecular formula is C15H16FNO. The highest BCUT2D eigenvalue weighted by atomic mass is 19.1. The summed E-state index contributed by atoms with van der Waals surface area (Å²) < 4.78 is 18.8. The summed E-state index contributed by atoms with van der Waals surface area (Å²) in [7, 11) is 0. The van der Waals surface area contributed by atoms with Crippen LogP contribution in [0.5, 0.6) is 5.75 Å². The molecule has 18 heavy (non-hydrogen) atoms. The first-order valence-electron chi connectivity index (χ1n) is 5.88. The molecule has 0 aliphatic carbocycles. The first-order chi connectivity index (χ1) is 8.56. The molecule has 94 valence electrons. The fourth-order valence-electron chi connectivity index (χ4n) is 1.74. The minimum atomic E-state index is -0.254. The highest BCUT2D eigenvalue weighted by Gasteiger charge is 2.06. The third-order valence-electron chi connectivity index (χ3n) is 2.53. The highest BCUT2D eigenvalue weighted by molar-refractivity contribution is 5.69. The van der Waals surface area contributed by atoms with Gasteiger partial charge in [-0.2, -0.15) is 0 Å². The van der Waals surface area contributed by atoms with Crippen LogP contribution < -0.4 is 10.5 Å². The Bertz CT molecular complexity index is 552. The van der Waals surface area contributed by atoms with E-state index in [9.17, 15) is 4.39 Å². The molecule has 0 heterocycles. The molecule has 0 saturated heterocycles. The molecule has 0 bridgehead atoms. The lowest BCUT2D eigenvalue weighted by atomic mass is 10.0. The number of hydrogen-bond donors (Lipinski definition) is 1. The molecule has 0 aliphatic heterocycles. The van der Waals surface area contributed by atoms with Crippen LogP contribution in [0.3, 0.4) is 0 Å². The van der Waals surface area contributed by atoms with Crippen molar-refractivity contribution in [3.8, 4) is 16.9 Å². The van der Waals surface area contributed by atoms with Gasteiger partial charge in [0.1, 0.15) is 11.6 Å². The summed E-state index contributed by atoms with van der Waals surface area (Å²) in [4.78, 5) is 0. The van der Waals surface area contributed by atoms with Gasteiger partial charge >= 0.3 is 0 Å². The van der Waals surface area contributed by atoms with Gasteiger partial charge in [0, 0.05) is 0 Å². The van der Waals surface area contributed by atoms with E-state index in [1.807, 2.05) is 32.0 Å². The second-order valence-corrected chi connectivity index (χ2v) is 4.43. The molecule has 2 rings (SSSR count). The number of halogens is 1. The molecule has 2 nitrogen and oxygen atoms in total. The van der Waals surface area contributed by atoms with Gasteiger partial charge in [-0.3, -0.25) is 0 Å². The minimum Gasteiger partial charge on any atom is -0.489 e. The van der Waals surface area contributed by atoms with Gasteiger partial charge in [-0.1, -0.05) is 18.2 Å². The molecule has 0 atom stereocenters. The smallest absolute Gasteiger partial charge is 0.143 e. The zero-order chi connectivity index (χ0) is 13.1. The molecule has 0 aromatic heterocycles. The maximum atomic E-state index is 13.2. The van der Waals surface area contributed by atoms with Crippen LogP contribution in [0.2, 0.25) is 0 Å². The molecule has 0 aliphatic rings. The second-order valence-electron chi connectivity index (χ2n) is 4.43. The van der Waals surface area contributed by atoms with Gasteiger partial charge in [-0.25, -0.2) is 4.39 Å². The van der Waals surface area contributed by atoms with Crippen LogP contribution in [-0.2, 0) is 0 Å².